The van der Waals surface area contributed by atoms with Crippen molar-refractivity contribution >= 4 is 27.9 Å². The van der Waals surface area contributed by atoms with Crippen molar-refractivity contribution in [1.29, 1.82) is 0 Å². The molecule has 0 aliphatic rings. The molecule has 0 unspecified atom stereocenters. The molecule has 2 atom stereocenters. The van der Waals surface area contributed by atoms with E-state index in [0.29, 0.717) is 29.3 Å². The van der Waals surface area contributed by atoms with E-state index in [-0.39, 0.29) is 37.1 Å². The van der Waals surface area contributed by atoms with Crippen LogP contribution in [0.25, 0.3) is 22.3 Å². The van der Waals surface area contributed by atoms with Crippen LogP contribution in [0.4, 0.5) is 26.3 Å². The van der Waals surface area contributed by atoms with E-state index in [4.69, 9.17) is 18.5 Å². The van der Waals surface area contributed by atoms with E-state index in [0.717, 1.165) is 68.5 Å². The van der Waals surface area contributed by atoms with Gasteiger partial charge < -0.3 is 28.7 Å². The molecule has 0 bridgehead atoms. The molecule has 6 aromatic carbocycles. The van der Waals surface area contributed by atoms with Crippen molar-refractivity contribution in [3.8, 4) is 33.8 Å². The first-order valence-corrected chi connectivity index (χ1v) is 22.9. The van der Waals surface area contributed by atoms with Crippen LogP contribution in [0.2, 0.25) is 0 Å². The molecule has 0 spiro atoms. The Labute approximate surface area is 412 Å². The summed E-state index contributed by atoms with van der Waals surface area (Å²) in [5, 5.41) is 27.0. The van der Waals surface area contributed by atoms with Crippen LogP contribution >= 0.6 is 15.9 Å². The van der Waals surface area contributed by atoms with E-state index in [2.05, 4.69) is 26.2 Å². The number of aliphatic carboxylic acids is 1. The predicted octanol–water partition coefficient (Wildman–Crippen LogP) is 14.3. The second-order valence-corrected chi connectivity index (χ2v) is 16.3. The highest BCUT2D eigenvalue weighted by molar-refractivity contribution is 9.08. The molecule has 0 aliphatic heterocycles. The summed E-state index contributed by atoms with van der Waals surface area (Å²) in [4.78, 5) is 22.9. The smallest absolute Gasteiger partial charge is 0.416 e. The molecular formula is C54H45BrF6N2O8. The highest BCUT2D eigenvalue weighted by Gasteiger charge is 2.31. The fourth-order valence-electron chi connectivity index (χ4n) is 7.20. The number of phenols is 1. The Kier molecular flexibility index (Phi) is 18.4. The zero-order valence-electron chi connectivity index (χ0n) is 37.7. The SMILES string of the molecule is CCOC(=O)C[C@@H](c1ccc(O)cc1)c1ccon1.FC(F)(F)c1ccc(-c2cccc(CBr)c2)cc1.O=C(O)C[C@@H](c1ccc(OCc2cccc(-c3ccc(C(F)(F)F)cc3)c2)cc1)c1ccon1. The molecule has 0 amide bonds. The molecule has 0 saturated carbocycles. The van der Waals surface area contributed by atoms with Gasteiger partial charge in [-0.05, 0) is 106 Å². The molecular weight excluding hydrogens is 998 g/mol. The first-order valence-electron chi connectivity index (χ1n) is 21.8. The molecule has 2 heterocycles. The molecule has 8 rings (SSSR count). The van der Waals surface area contributed by atoms with Crippen LogP contribution in [0.15, 0.2) is 179 Å². The Morgan fingerprint density at radius 1 is 0.606 bits per heavy atom. The summed E-state index contributed by atoms with van der Waals surface area (Å²) in [6.07, 6.45) is -5.72. The molecule has 0 saturated heterocycles. The van der Waals surface area contributed by atoms with Crippen LogP contribution in [0, 0.1) is 0 Å². The van der Waals surface area contributed by atoms with Gasteiger partial charge in [-0.1, -0.05) is 117 Å². The number of carboxylic acid groups (broad SMARTS) is 1. The van der Waals surface area contributed by atoms with E-state index >= 15 is 0 Å². The summed E-state index contributed by atoms with van der Waals surface area (Å²) in [6, 6.07) is 42.4. The Morgan fingerprint density at radius 3 is 1.51 bits per heavy atom. The number of nitrogens with zero attached hydrogens (tertiary/aromatic N) is 2. The van der Waals surface area contributed by atoms with Crippen LogP contribution in [-0.2, 0) is 38.6 Å². The number of aromatic hydroxyl groups is 1. The number of hydrogen-bond donors (Lipinski definition) is 2. The fraction of sp³-hybridized carbons (Fsp3) is 0.185. The normalized spacial score (nSPS) is 12.1. The Bertz CT molecular complexity index is 2890. The number of carbonyl (C=O) groups is 2. The topological polar surface area (TPSA) is 145 Å². The molecule has 0 aliphatic carbocycles. The third-order valence-corrected chi connectivity index (χ3v) is 11.4. The van der Waals surface area contributed by atoms with Gasteiger partial charge in [0.2, 0.25) is 0 Å². The molecule has 368 valence electrons. The largest absolute Gasteiger partial charge is 0.508 e. The number of halogens is 7. The number of aromatic nitrogens is 2. The molecule has 10 nitrogen and oxygen atoms in total. The number of hydrogen-bond acceptors (Lipinski definition) is 9. The van der Waals surface area contributed by atoms with Gasteiger partial charge in [0, 0.05) is 29.3 Å². The number of carboxylic acids is 1. The number of phenolic OH excluding ortho intramolecular Hbond substituents is 1. The highest BCUT2D eigenvalue weighted by atomic mass is 79.9. The zero-order valence-corrected chi connectivity index (χ0v) is 39.3. The minimum atomic E-state index is -4.37. The van der Waals surface area contributed by atoms with Crippen LogP contribution in [0.5, 0.6) is 11.5 Å². The van der Waals surface area contributed by atoms with E-state index < -0.39 is 35.4 Å². The number of alkyl halides is 7. The van der Waals surface area contributed by atoms with Crippen molar-refractivity contribution in [2.45, 2.75) is 55.9 Å². The first-order chi connectivity index (χ1) is 34.0. The summed E-state index contributed by atoms with van der Waals surface area (Å²) in [5.41, 5.74) is 6.65. The van der Waals surface area contributed by atoms with Crippen molar-refractivity contribution in [1.82, 2.24) is 10.3 Å². The number of benzene rings is 6. The average Bonchev–Trinajstić information content (AvgIpc) is 4.12. The molecule has 0 fully saturated rings. The predicted molar refractivity (Wildman–Crippen MR) is 255 cm³/mol. The van der Waals surface area contributed by atoms with Crippen molar-refractivity contribution in [3.63, 3.8) is 0 Å². The van der Waals surface area contributed by atoms with Crippen LogP contribution in [0.1, 0.15) is 76.4 Å². The van der Waals surface area contributed by atoms with Gasteiger partial charge in [0.25, 0.3) is 0 Å². The second kappa shape index (κ2) is 24.8. The van der Waals surface area contributed by atoms with Crippen molar-refractivity contribution in [2.24, 2.45) is 0 Å². The Morgan fingerprint density at radius 2 is 1.07 bits per heavy atom. The van der Waals surface area contributed by atoms with Gasteiger partial charge in [0.1, 0.15) is 30.6 Å². The monoisotopic (exact) mass is 1040 g/mol. The standard InChI is InChI=1S/C26H20F3NO4.C14H10BrF3.C14H15NO4/c27-26(28,29)21-8-4-18(5-9-21)20-3-1-2-17(14-20)16-33-22-10-6-19(7-11-22)23(15-25(31)32)24-12-13-34-30-24;15-9-10-2-1-3-12(8-10)11-4-6-13(7-5-11)14(16,17)18;1-2-18-14(17)9-12(13-7-8-19-15-13)10-3-5-11(16)6-4-10/h1-14,23H,15-16H2,(H,31,32);1-8H,9H2;3-8,12,16H,2,9H2,1H3/t23-;;12-/m0.0/s1. The lowest BCUT2D eigenvalue weighted by atomic mass is 9.92. The summed E-state index contributed by atoms with van der Waals surface area (Å²) in [5.74, 6) is -1.13. The van der Waals surface area contributed by atoms with E-state index in [1.807, 2.05) is 48.5 Å². The zero-order chi connectivity index (χ0) is 51.0. The molecule has 2 aromatic heterocycles. The first kappa shape index (κ1) is 52.7. The lowest BCUT2D eigenvalue weighted by Gasteiger charge is -2.14. The third kappa shape index (κ3) is 15.7. The maximum absolute atomic E-state index is 12.8. The van der Waals surface area contributed by atoms with Gasteiger partial charge >= 0.3 is 24.3 Å². The number of carbonyl (C=O) groups excluding carboxylic acids is 1. The maximum atomic E-state index is 12.8. The summed E-state index contributed by atoms with van der Waals surface area (Å²) in [7, 11) is 0. The van der Waals surface area contributed by atoms with Gasteiger partial charge in [-0.15, -0.1) is 0 Å². The van der Waals surface area contributed by atoms with Crippen LogP contribution in [0.3, 0.4) is 0 Å². The third-order valence-electron chi connectivity index (χ3n) is 10.8. The number of ether oxygens (including phenoxy) is 2. The van der Waals surface area contributed by atoms with E-state index in [1.165, 1.54) is 36.8 Å². The average molecular weight is 1040 g/mol. The minimum absolute atomic E-state index is 0.122. The molecule has 2 N–H and O–H groups in total. The van der Waals surface area contributed by atoms with Gasteiger partial charge in [0.15, 0.2) is 0 Å². The summed E-state index contributed by atoms with van der Waals surface area (Å²) >= 11 is 3.35. The van der Waals surface area contributed by atoms with Crippen molar-refractivity contribution in [3.05, 3.63) is 215 Å². The highest BCUT2D eigenvalue weighted by Crippen LogP contribution is 2.34. The summed E-state index contributed by atoms with van der Waals surface area (Å²) in [6.45, 7) is 2.37. The van der Waals surface area contributed by atoms with Crippen LogP contribution < -0.4 is 4.74 Å². The molecule has 8 aromatic rings. The Balaban J connectivity index is 0.000000189. The molecule has 0 radical (unpaired) electrons. The van der Waals surface area contributed by atoms with Crippen LogP contribution in [-0.4, -0.2) is 39.1 Å². The van der Waals surface area contributed by atoms with Gasteiger partial charge in [0.05, 0.1) is 42.0 Å². The maximum Gasteiger partial charge on any atom is 0.416 e. The van der Waals surface area contributed by atoms with Crippen molar-refractivity contribution < 1.29 is 64.7 Å². The van der Waals surface area contributed by atoms with Crippen molar-refractivity contribution in [2.75, 3.05) is 6.61 Å². The number of rotatable bonds is 15. The molecule has 71 heavy (non-hydrogen) atoms. The quantitative estimate of drug-likeness (QED) is 0.0578. The fourth-order valence-corrected chi connectivity index (χ4v) is 7.55. The van der Waals surface area contributed by atoms with E-state index in [9.17, 15) is 46.1 Å². The van der Waals surface area contributed by atoms with E-state index in [1.54, 1.807) is 67.6 Å². The minimum Gasteiger partial charge on any atom is -0.508 e. The number of esters is 1. The lowest BCUT2D eigenvalue weighted by molar-refractivity contribution is -0.143. The van der Waals surface area contributed by atoms with Gasteiger partial charge in [-0.25, -0.2) is 0 Å². The Hall–Kier alpha value is -7.66. The lowest BCUT2D eigenvalue weighted by Crippen LogP contribution is -2.11. The van der Waals surface area contributed by atoms with Gasteiger partial charge in [-0.3, -0.25) is 9.59 Å². The summed E-state index contributed by atoms with van der Waals surface area (Å²) < 4.78 is 96.2. The molecule has 17 heteroatoms. The second-order valence-electron chi connectivity index (χ2n) is 15.7. The van der Waals surface area contributed by atoms with Gasteiger partial charge in [-0.2, -0.15) is 26.3 Å².